The summed E-state index contributed by atoms with van der Waals surface area (Å²) in [5.74, 6) is -32.7. The van der Waals surface area contributed by atoms with E-state index in [1.807, 2.05) is 0 Å². The van der Waals surface area contributed by atoms with Crippen molar-refractivity contribution >= 4 is 204 Å². The van der Waals surface area contributed by atoms with E-state index in [-0.39, 0.29) is 93.9 Å². The lowest BCUT2D eigenvalue weighted by atomic mass is 9.98. The lowest BCUT2D eigenvalue weighted by molar-refractivity contribution is -0.143. The molecule has 3 heterocycles. The van der Waals surface area contributed by atoms with Gasteiger partial charge in [-0.15, -0.1) is 0 Å². The summed E-state index contributed by atoms with van der Waals surface area (Å²) in [5, 5.41) is 78.2. The molecule has 22 amide bonds. The molecule has 0 spiro atoms. The molecule has 0 saturated carbocycles. The number of aromatic amines is 1. The number of guanidine groups is 2. The van der Waals surface area contributed by atoms with Crippen molar-refractivity contribution in [2.24, 2.45) is 79.3 Å². The molecule has 0 radical (unpaired) electrons. The smallest absolute Gasteiger partial charge is 0.305 e. The Morgan fingerprint density at radius 3 is 1.22 bits per heavy atom. The highest BCUT2D eigenvalue weighted by atomic mass is 32.1. The third-order valence-corrected chi connectivity index (χ3v) is 24.2. The zero-order chi connectivity index (χ0) is 111. The summed E-state index contributed by atoms with van der Waals surface area (Å²) in [4.78, 5) is 343. The van der Waals surface area contributed by atoms with Gasteiger partial charge in [-0.3, -0.25) is 125 Å². The second kappa shape index (κ2) is 62.9. The molecule has 2 aliphatic rings. The standard InChI is InChI=1S/C83H137N31O28S4/c1-8-36(6)60(87)77(138)100-40(12-9-17-94-82(89)90)65(126)101-45(25-59(122)123)69(130)99-42(15-16-58(120)121)66(127)109-52(32-146)74(135)110-51(31-145)73(134)106-48(28-115)71(132)105-46(23-56(85)118)80(141)113-19-11-14-53(113)75(136)97-37(7)64(125)108-50(30-144)72(133)98-41(13-10-18-95-83(91)92)67(128)111-61(34(2)3)78(139)103-44(22-55(84)117)68(129)104-47(24-57(86)119)81(142)114-27-39(116)21-54(114)76(137)102-43(20-38-26-93-33-96-38)70(131)112-62(35(4)5)79(140)107-49(29-143)63(88)124/h26,33-37,39-54,60-62,115-116,143-146H,8-25,27-32,87H2,1-7H3,(H2,84,117)(H2,85,118)(H2,86,119)(H2,88,124)(H,93,96)(H,97,136)(H,98,133)(H,99,130)(H,100,138)(H,101,126)(H,102,137)(H,103,139)(H,104,129)(H,105,132)(H,106,134)(H,107,140)(H,108,125)(H,109,127)(H,110,135)(H,111,128)(H,112,131)(H,120,121)(H,122,123)(H4,89,90,94)(H4,91,92,95)/t36-,37-,39+,40-,41-,42-,43-,44-,45-,46-,47-,48-,49-,50-,51-,52-,53-,54-,60-,61-,62-/m0/s1. The Balaban J connectivity index is 1.81. The van der Waals surface area contributed by atoms with Crippen LogP contribution in [0.15, 0.2) is 22.5 Å². The van der Waals surface area contributed by atoms with Crippen LogP contribution in [0.4, 0.5) is 0 Å². The molecule has 2 saturated heterocycles. The molecule has 21 atom stereocenters. The highest BCUT2D eigenvalue weighted by molar-refractivity contribution is 7.80. The number of thiol groups is 4. The van der Waals surface area contributed by atoms with E-state index in [0.29, 0.717) is 6.42 Å². The van der Waals surface area contributed by atoms with Gasteiger partial charge in [-0.2, -0.15) is 50.5 Å². The zero-order valence-corrected chi connectivity index (χ0v) is 84.8. The maximum atomic E-state index is 14.6. The topological polar surface area (TPSA) is 977 Å². The number of likely N-dealkylation sites (tertiary alicyclic amines) is 2. The third-order valence-electron chi connectivity index (χ3n) is 22.7. The van der Waals surface area contributed by atoms with Crippen LogP contribution in [0, 0.1) is 17.8 Å². The van der Waals surface area contributed by atoms with Gasteiger partial charge in [0.15, 0.2) is 11.9 Å². The van der Waals surface area contributed by atoms with Crippen LogP contribution < -0.4 is 137 Å². The SMILES string of the molecule is CC[C@H](C)[C@H](N)C(=O)N[C@@H](CCCN=C(N)N)C(=O)N[C@@H](CC(=O)O)C(=O)N[C@@H](CCC(=O)O)C(=O)N[C@@H](CS)C(=O)N[C@@H](CS)C(=O)N[C@@H](CO)C(=O)N[C@@H](CC(N)=O)C(=O)N1CCC[C@H]1C(=O)N[C@@H](C)C(=O)N[C@@H](CS)C(=O)N[C@@H](CCCN=C(N)N)C(=O)N[C@H](C(=O)N[C@@H](CC(N)=O)C(=O)N[C@@H](CC(N)=O)C(=O)N1C[C@H](O)C[C@H]1C(=O)N[C@@H](Cc1c[nH]cn1)C(=O)N[C@H](C(=O)N[C@@H](CS)C(N)=O)C(C)C)C(C)C. The Morgan fingerprint density at radius 2 is 0.801 bits per heavy atom. The van der Waals surface area contributed by atoms with Gasteiger partial charge in [0.25, 0.3) is 0 Å². The molecule has 2 aliphatic heterocycles. The van der Waals surface area contributed by atoms with Crippen molar-refractivity contribution in [3.8, 4) is 0 Å². The highest BCUT2D eigenvalue weighted by Crippen LogP contribution is 2.24. The number of aliphatic carboxylic acids is 2. The van der Waals surface area contributed by atoms with Crippen LogP contribution in [-0.2, 0) is 121 Å². The van der Waals surface area contributed by atoms with Crippen LogP contribution >= 0.6 is 50.5 Å². The van der Waals surface area contributed by atoms with E-state index in [1.54, 1.807) is 27.7 Å². The molecular weight excluding hydrogens is 2010 g/mol. The van der Waals surface area contributed by atoms with E-state index in [4.69, 9.17) is 51.6 Å². The number of imidazole rings is 1. The van der Waals surface area contributed by atoms with Crippen molar-refractivity contribution in [1.82, 2.24) is 105 Å². The van der Waals surface area contributed by atoms with Crippen molar-refractivity contribution in [2.75, 3.05) is 55.8 Å². The summed E-state index contributed by atoms with van der Waals surface area (Å²) in [6.45, 7) is 8.26. The first-order chi connectivity index (χ1) is 68.5. The number of hydrogen-bond donors (Lipinski definition) is 34. The summed E-state index contributed by atoms with van der Waals surface area (Å²) in [6, 6.07) is -32.0. The number of carbonyl (C=O) groups is 24. The van der Waals surface area contributed by atoms with E-state index < -0.39 is 350 Å². The fourth-order valence-corrected chi connectivity index (χ4v) is 15.5. The van der Waals surface area contributed by atoms with Gasteiger partial charge in [-0.05, 0) is 69.6 Å². The van der Waals surface area contributed by atoms with Crippen molar-refractivity contribution < 1.29 is 135 Å². The van der Waals surface area contributed by atoms with E-state index in [0.717, 1.165) is 16.7 Å². The molecule has 0 aromatic carbocycles. The third kappa shape index (κ3) is 42.5. The molecule has 39 N–H and O–H groups in total. The fourth-order valence-electron chi connectivity index (χ4n) is 14.5. The maximum absolute atomic E-state index is 14.6. The Labute approximate surface area is 859 Å². The monoisotopic (exact) mass is 2140 g/mol. The van der Waals surface area contributed by atoms with E-state index in [1.165, 1.54) is 26.4 Å². The van der Waals surface area contributed by atoms with Crippen LogP contribution in [0.1, 0.15) is 144 Å². The predicted octanol–water partition coefficient (Wildman–Crippen LogP) is -15.4. The van der Waals surface area contributed by atoms with Crippen molar-refractivity contribution in [3.05, 3.63) is 18.2 Å². The van der Waals surface area contributed by atoms with Gasteiger partial charge < -0.3 is 172 Å². The van der Waals surface area contributed by atoms with Crippen LogP contribution in [0.3, 0.4) is 0 Å². The van der Waals surface area contributed by atoms with Gasteiger partial charge in [-0.1, -0.05) is 48.0 Å². The normalized spacial score (nSPS) is 17.4. The molecule has 0 unspecified atom stereocenters. The second-order valence-electron chi connectivity index (χ2n) is 35.0. The number of carbonyl (C=O) groups excluding carboxylic acids is 22. The van der Waals surface area contributed by atoms with Gasteiger partial charge >= 0.3 is 11.9 Å². The predicted molar refractivity (Wildman–Crippen MR) is 529 cm³/mol. The number of amides is 22. The van der Waals surface area contributed by atoms with Crippen molar-refractivity contribution in [3.63, 3.8) is 0 Å². The van der Waals surface area contributed by atoms with Crippen LogP contribution in [0.5, 0.6) is 0 Å². The van der Waals surface area contributed by atoms with Crippen LogP contribution in [-0.4, -0.2) is 371 Å². The second-order valence-corrected chi connectivity index (χ2v) is 36.5. The van der Waals surface area contributed by atoms with E-state index in [2.05, 4.69) is 156 Å². The minimum atomic E-state index is -2.04. The van der Waals surface area contributed by atoms with Gasteiger partial charge in [0.05, 0.1) is 56.5 Å². The molecule has 59 nitrogen and oxygen atoms in total. The molecule has 1 aromatic rings. The average Bonchev–Trinajstić information content (AvgIpc) is 1.65. The molecule has 63 heteroatoms. The summed E-state index contributed by atoms with van der Waals surface area (Å²) in [7, 11) is 0. The van der Waals surface area contributed by atoms with Crippen LogP contribution in [0.25, 0.3) is 0 Å². The number of H-pyrrole nitrogens is 1. The number of nitrogens with two attached hydrogens (primary N) is 9. The number of aliphatic hydroxyl groups is 2. The Kier molecular flexibility index (Phi) is 54.5. The number of nitrogens with zero attached hydrogens (tertiary/aromatic N) is 5. The average molecular weight is 2150 g/mol. The molecule has 816 valence electrons. The Morgan fingerprint density at radius 1 is 0.432 bits per heavy atom. The van der Waals surface area contributed by atoms with Crippen LogP contribution in [0.2, 0.25) is 0 Å². The van der Waals surface area contributed by atoms with E-state index >= 15 is 0 Å². The number of aromatic nitrogens is 2. The number of nitrogens with one attached hydrogen (secondary N) is 17. The lowest BCUT2D eigenvalue weighted by Crippen LogP contribution is -2.62. The van der Waals surface area contributed by atoms with Gasteiger partial charge in [0, 0.05) is 74.6 Å². The fraction of sp³-hybridized carbons (Fsp3) is 0.651. The molecule has 146 heavy (non-hydrogen) atoms. The molecular formula is C83H137N31O28S4. The highest BCUT2D eigenvalue weighted by Gasteiger charge is 2.47. The Hall–Kier alpha value is -13.7. The van der Waals surface area contributed by atoms with Gasteiger partial charge in [-0.25, -0.2) is 4.98 Å². The van der Waals surface area contributed by atoms with Gasteiger partial charge in [0.2, 0.25) is 130 Å². The minimum Gasteiger partial charge on any atom is -0.481 e. The summed E-state index contributed by atoms with van der Waals surface area (Å²) in [5.41, 5.74) is 50.2. The molecule has 0 bridgehead atoms. The largest absolute Gasteiger partial charge is 0.481 e. The Bertz CT molecular complexity index is 4840. The molecule has 3 rings (SSSR count). The van der Waals surface area contributed by atoms with E-state index in [9.17, 15) is 135 Å². The summed E-state index contributed by atoms with van der Waals surface area (Å²) < 4.78 is 0. The molecule has 1 aromatic heterocycles. The first kappa shape index (κ1) is 126. The lowest BCUT2D eigenvalue weighted by Gasteiger charge is -2.31. The maximum Gasteiger partial charge on any atom is 0.305 e. The van der Waals surface area contributed by atoms with Crippen molar-refractivity contribution in [1.29, 1.82) is 0 Å². The number of primary amides is 4. The molecule has 0 aliphatic carbocycles. The number of carboxylic acid groups (broad SMARTS) is 2. The number of aliphatic hydroxyl groups excluding tert-OH is 2. The van der Waals surface area contributed by atoms with Crippen molar-refractivity contribution in [2.45, 2.75) is 266 Å². The number of rotatable bonds is 65. The summed E-state index contributed by atoms with van der Waals surface area (Å²) in [6.07, 6.45) is -5.42. The number of aliphatic imine (C=N–C) groups is 2. The number of β-amino-alcohol motifs (C(OH)–C–C–N with tert-alkyl or cyclic N) is 1. The number of hydrogen-bond acceptors (Lipinski definition) is 34. The zero-order valence-electron chi connectivity index (χ0n) is 81.2. The quantitative estimate of drug-likeness (QED) is 0.0125. The summed E-state index contributed by atoms with van der Waals surface area (Å²) >= 11 is 16.5. The minimum absolute atomic E-state index is 0.0397. The molecule has 2 fully saturated rings. The van der Waals surface area contributed by atoms with Gasteiger partial charge in [0.1, 0.15) is 109 Å². The number of carboxylic acids is 2. The first-order valence-corrected chi connectivity index (χ1v) is 48.6. The first-order valence-electron chi connectivity index (χ1n) is 46.1.